The van der Waals surface area contributed by atoms with Gasteiger partial charge in [0.2, 0.25) is 5.91 Å². The van der Waals surface area contributed by atoms with E-state index in [0.29, 0.717) is 19.5 Å². The molecule has 20 heavy (non-hydrogen) atoms. The van der Waals surface area contributed by atoms with Crippen molar-refractivity contribution < 1.29 is 9.59 Å². The zero-order chi connectivity index (χ0) is 14.7. The van der Waals surface area contributed by atoms with Gasteiger partial charge in [0.1, 0.15) is 0 Å². The number of rotatable bonds is 3. The number of amides is 3. The standard InChI is InChI=1S/C15H21N3O2/c1-4-16-15(20)17-12-8-14(19)18(9-12)13-6-5-10(2)11(3)7-13/h5-7,12H,4,8-9H2,1-3H3,(H2,16,17,20). The van der Waals surface area contributed by atoms with Gasteiger partial charge in [-0.25, -0.2) is 4.79 Å². The highest BCUT2D eigenvalue weighted by molar-refractivity contribution is 5.96. The number of nitrogens with one attached hydrogen (secondary N) is 2. The maximum atomic E-state index is 12.1. The Labute approximate surface area is 119 Å². The first kappa shape index (κ1) is 14.4. The predicted octanol–water partition coefficient (Wildman–Crippen LogP) is 1.73. The van der Waals surface area contributed by atoms with Crippen molar-refractivity contribution >= 4 is 17.6 Å². The molecular weight excluding hydrogens is 254 g/mol. The van der Waals surface area contributed by atoms with Gasteiger partial charge in [-0.1, -0.05) is 6.07 Å². The quantitative estimate of drug-likeness (QED) is 0.882. The molecule has 0 spiro atoms. The number of nitrogens with zero attached hydrogens (tertiary/aromatic N) is 1. The van der Waals surface area contributed by atoms with Gasteiger partial charge in [0.05, 0.1) is 6.04 Å². The summed E-state index contributed by atoms with van der Waals surface area (Å²) in [7, 11) is 0. The summed E-state index contributed by atoms with van der Waals surface area (Å²) in [6, 6.07) is 5.64. The van der Waals surface area contributed by atoms with E-state index in [4.69, 9.17) is 0 Å². The number of urea groups is 1. The van der Waals surface area contributed by atoms with Crippen LogP contribution in [0.1, 0.15) is 24.5 Å². The van der Waals surface area contributed by atoms with E-state index >= 15 is 0 Å². The first-order valence-electron chi connectivity index (χ1n) is 6.93. The van der Waals surface area contributed by atoms with Crippen LogP contribution in [0.4, 0.5) is 10.5 Å². The second-order valence-electron chi connectivity index (χ2n) is 5.18. The van der Waals surface area contributed by atoms with Crippen LogP contribution in [0.3, 0.4) is 0 Å². The van der Waals surface area contributed by atoms with Crippen LogP contribution in [0.2, 0.25) is 0 Å². The fourth-order valence-electron chi connectivity index (χ4n) is 2.34. The van der Waals surface area contributed by atoms with E-state index in [1.807, 2.05) is 39.0 Å². The maximum Gasteiger partial charge on any atom is 0.315 e. The summed E-state index contributed by atoms with van der Waals surface area (Å²) in [4.78, 5) is 25.3. The third-order valence-electron chi connectivity index (χ3n) is 3.60. The van der Waals surface area contributed by atoms with Crippen LogP contribution >= 0.6 is 0 Å². The van der Waals surface area contributed by atoms with Crippen LogP contribution in [0.25, 0.3) is 0 Å². The minimum absolute atomic E-state index is 0.0510. The van der Waals surface area contributed by atoms with E-state index in [2.05, 4.69) is 10.6 Å². The molecule has 0 aliphatic carbocycles. The summed E-state index contributed by atoms with van der Waals surface area (Å²) in [5.74, 6) is 0.0510. The molecule has 1 heterocycles. The van der Waals surface area contributed by atoms with Crippen molar-refractivity contribution in [1.29, 1.82) is 0 Å². The van der Waals surface area contributed by atoms with E-state index in [1.165, 1.54) is 5.56 Å². The van der Waals surface area contributed by atoms with Crippen LogP contribution in [-0.2, 0) is 4.79 Å². The first-order chi connectivity index (χ1) is 9.51. The van der Waals surface area contributed by atoms with E-state index in [-0.39, 0.29) is 18.0 Å². The van der Waals surface area contributed by atoms with Crippen molar-refractivity contribution in [2.24, 2.45) is 0 Å². The van der Waals surface area contributed by atoms with Gasteiger partial charge < -0.3 is 15.5 Å². The van der Waals surface area contributed by atoms with Gasteiger partial charge in [-0.05, 0) is 44.0 Å². The van der Waals surface area contributed by atoms with E-state index < -0.39 is 0 Å². The van der Waals surface area contributed by atoms with Crippen LogP contribution in [0.15, 0.2) is 18.2 Å². The second kappa shape index (κ2) is 5.94. The summed E-state index contributed by atoms with van der Waals surface area (Å²) in [6.07, 6.45) is 0.351. The predicted molar refractivity (Wildman–Crippen MR) is 78.9 cm³/mol. The molecule has 108 valence electrons. The van der Waals surface area contributed by atoms with Gasteiger partial charge in [0.25, 0.3) is 0 Å². The number of carbonyl (C=O) groups is 2. The van der Waals surface area contributed by atoms with Gasteiger partial charge in [-0.15, -0.1) is 0 Å². The van der Waals surface area contributed by atoms with E-state index in [1.54, 1.807) is 4.90 Å². The molecule has 1 unspecified atom stereocenters. The molecule has 1 aromatic rings. The third-order valence-corrected chi connectivity index (χ3v) is 3.60. The summed E-state index contributed by atoms with van der Waals surface area (Å²) in [5.41, 5.74) is 3.27. The first-order valence-corrected chi connectivity index (χ1v) is 6.93. The number of carbonyl (C=O) groups excluding carboxylic acids is 2. The van der Waals surface area contributed by atoms with E-state index in [9.17, 15) is 9.59 Å². The van der Waals surface area contributed by atoms with Gasteiger partial charge in [0, 0.05) is 25.2 Å². The Morgan fingerprint density at radius 2 is 2.10 bits per heavy atom. The number of anilines is 1. The molecule has 0 aromatic heterocycles. The topological polar surface area (TPSA) is 61.4 Å². The van der Waals surface area contributed by atoms with Crippen molar-refractivity contribution in [2.45, 2.75) is 33.2 Å². The molecule has 1 saturated heterocycles. The average molecular weight is 275 g/mol. The normalized spacial score (nSPS) is 18.2. The monoisotopic (exact) mass is 275 g/mol. The van der Waals surface area contributed by atoms with Crippen LogP contribution in [0.5, 0.6) is 0 Å². The SMILES string of the molecule is CCNC(=O)NC1CC(=O)N(c2ccc(C)c(C)c2)C1. The van der Waals surface area contributed by atoms with Crippen molar-refractivity contribution in [3.63, 3.8) is 0 Å². The van der Waals surface area contributed by atoms with Gasteiger partial charge in [-0.3, -0.25) is 4.79 Å². The third kappa shape index (κ3) is 3.10. The van der Waals surface area contributed by atoms with Gasteiger partial charge in [0.15, 0.2) is 0 Å². The molecule has 2 N–H and O–H groups in total. The highest BCUT2D eigenvalue weighted by Gasteiger charge is 2.31. The Hall–Kier alpha value is -2.04. The molecule has 1 aliphatic heterocycles. The summed E-state index contributed by atoms with van der Waals surface area (Å²) >= 11 is 0. The maximum absolute atomic E-state index is 12.1. The Morgan fingerprint density at radius 1 is 1.35 bits per heavy atom. The molecule has 1 atom stereocenters. The lowest BCUT2D eigenvalue weighted by molar-refractivity contribution is -0.117. The Morgan fingerprint density at radius 3 is 2.75 bits per heavy atom. The van der Waals surface area contributed by atoms with Crippen LogP contribution in [-0.4, -0.2) is 31.1 Å². The highest BCUT2D eigenvalue weighted by atomic mass is 16.2. The highest BCUT2D eigenvalue weighted by Crippen LogP contribution is 2.23. The second-order valence-corrected chi connectivity index (χ2v) is 5.18. The van der Waals surface area contributed by atoms with Crippen molar-refractivity contribution in [1.82, 2.24) is 10.6 Å². The van der Waals surface area contributed by atoms with Crippen LogP contribution < -0.4 is 15.5 Å². The minimum Gasteiger partial charge on any atom is -0.338 e. The molecule has 3 amide bonds. The average Bonchev–Trinajstić information content (AvgIpc) is 2.74. The molecule has 1 aliphatic rings. The van der Waals surface area contributed by atoms with Crippen LogP contribution in [0, 0.1) is 13.8 Å². The fraction of sp³-hybridized carbons (Fsp3) is 0.467. The molecule has 5 heteroatoms. The van der Waals surface area contributed by atoms with Gasteiger partial charge in [-0.2, -0.15) is 0 Å². The molecule has 2 rings (SSSR count). The Bertz CT molecular complexity index is 528. The molecule has 1 fully saturated rings. The summed E-state index contributed by atoms with van der Waals surface area (Å²) in [6.45, 7) is 7.04. The number of hydrogen-bond acceptors (Lipinski definition) is 2. The number of aryl methyl sites for hydroxylation is 2. The van der Waals surface area contributed by atoms with Crippen molar-refractivity contribution in [2.75, 3.05) is 18.0 Å². The fourth-order valence-corrected chi connectivity index (χ4v) is 2.34. The lowest BCUT2D eigenvalue weighted by Gasteiger charge is -2.18. The van der Waals surface area contributed by atoms with Crippen molar-refractivity contribution in [3.8, 4) is 0 Å². The molecular formula is C15H21N3O2. The number of benzene rings is 1. The van der Waals surface area contributed by atoms with E-state index in [0.717, 1.165) is 11.3 Å². The smallest absolute Gasteiger partial charge is 0.315 e. The largest absolute Gasteiger partial charge is 0.338 e. The molecule has 0 bridgehead atoms. The summed E-state index contributed by atoms with van der Waals surface area (Å²) < 4.78 is 0. The zero-order valence-electron chi connectivity index (χ0n) is 12.2. The Kier molecular flexibility index (Phi) is 4.27. The molecule has 1 aromatic carbocycles. The molecule has 0 radical (unpaired) electrons. The minimum atomic E-state index is -0.216. The Balaban J connectivity index is 2.05. The summed E-state index contributed by atoms with van der Waals surface area (Å²) in [5, 5.41) is 5.50. The zero-order valence-corrected chi connectivity index (χ0v) is 12.2. The number of hydrogen-bond donors (Lipinski definition) is 2. The lowest BCUT2D eigenvalue weighted by Crippen LogP contribution is -2.43. The lowest BCUT2D eigenvalue weighted by atomic mass is 10.1. The molecule has 0 saturated carbocycles. The van der Waals surface area contributed by atoms with Crippen molar-refractivity contribution in [3.05, 3.63) is 29.3 Å². The molecule has 5 nitrogen and oxygen atoms in total. The van der Waals surface area contributed by atoms with Gasteiger partial charge >= 0.3 is 6.03 Å².